The van der Waals surface area contributed by atoms with Gasteiger partial charge in [-0.1, -0.05) is 6.07 Å². The number of nitrogens with two attached hydrogens (primary N) is 1. The minimum atomic E-state index is -0.946. The Morgan fingerprint density at radius 2 is 1.50 bits per heavy atom. The Balaban J connectivity index is 1.84. The molecule has 1 atom stereocenters. The highest BCUT2D eigenvalue weighted by atomic mass is 16.5. The number of carbonyl (C=O) groups is 3. The first-order valence-corrected chi connectivity index (χ1v) is 12.7. The van der Waals surface area contributed by atoms with Gasteiger partial charge >= 0.3 is 0 Å². The van der Waals surface area contributed by atoms with E-state index in [4.69, 9.17) is 20.6 Å². The number of nitrogen functional groups attached to an aromatic ring is 1. The lowest BCUT2D eigenvalue weighted by molar-refractivity contribution is -0.122. The van der Waals surface area contributed by atoms with E-state index in [1.807, 2.05) is 20.8 Å². The summed E-state index contributed by atoms with van der Waals surface area (Å²) in [6, 6.07) is 17.2. The number of amidine groups is 1. The van der Waals surface area contributed by atoms with Crippen molar-refractivity contribution in [3.05, 3.63) is 83.4 Å². The zero-order valence-electron chi connectivity index (χ0n) is 22.8. The number of rotatable bonds is 11. The molecule has 3 rings (SSSR count). The van der Waals surface area contributed by atoms with Crippen LogP contribution in [0.4, 0.5) is 11.4 Å². The lowest BCUT2D eigenvalue weighted by Gasteiger charge is -2.22. The van der Waals surface area contributed by atoms with Gasteiger partial charge in [0.2, 0.25) is 5.91 Å². The van der Waals surface area contributed by atoms with E-state index < -0.39 is 17.9 Å². The highest BCUT2D eigenvalue weighted by Crippen LogP contribution is 2.33. The molecule has 0 bridgehead atoms. The van der Waals surface area contributed by atoms with Gasteiger partial charge in [-0.3, -0.25) is 30.6 Å². The van der Waals surface area contributed by atoms with Crippen LogP contribution in [-0.2, 0) is 9.59 Å². The second-order valence-electron chi connectivity index (χ2n) is 9.08. The number of amides is 3. The van der Waals surface area contributed by atoms with Crippen LogP contribution in [-0.4, -0.2) is 36.3 Å². The summed E-state index contributed by atoms with van der Waals surface area (Å²) < 4.78 is 11.6. The maximum Gasteiger partial charge on any atom is 0.269 e. The van der Waals surface area contributed by atoms with Gasteiger partial charge in [0.05, 0.1) is 12.7 Å². The lowest BCUT2D eigenvalue weighted by atomic mass is 10.0. The normalized spacial score (nSPS) is 11.2. The zero-order valence-corrected chi connectivity index (χ0v) is 22.8. The van der Waals surface area contributed by atoms with Crippen LogP contribution in [0.5, 0.6) is 11.5 Å². The quantitative estimate of drug-likeness (QED) is 0.121. The first-order chi connectivity index (χ1) is 19.1. The smallest absolute Gasteiger partial charge is 0.269 e. The average Bonchev–Trinajstić information content (AvgIpc) is 2.91. The molecule has 0 spiro atoms. The summed E-state index contributed by atoms with van der Waals surface area (Å²) in [5, 5.41) is 13.4. The molecule has 0 fully saturated rings. The van der Waals surface area contributed by atoms with Crippen LogP contribution in [0.2, 0.25) is 0 Å². The van der Waals surface area contributed by atoms with Crippen molar-refractivity contribution >= 4 is 34.9 Å². The van der Waals surface area contributed by atoms with Crippen molar-refractivity contribution in [3.63, 3.8) is 0 Å². The van der Waals surface area contributed by atoms with Crippen LogP contribution in [0.3, 0.4) is 0 Å². The van der Waals surface area contributed by atoms with Crippen molar-refractivity contribution in [2.45, 2.75) is 39.8 Å². The maximum absolute atomic E-state index is 13.4. The Hall–Kier alpha value is -5.06. The summed E-state index contributed by atoms with van der Waals surface area (Å²) in [7, 11) is 0. The number of carbonyl (C=O) groups excluding carboxylic acids is 3. The third-order valence-corrected chi connectivity index (χ3v) is 5.50. The largest absolute Gasteiger partial charge is 0.490 e. The molecule has 0 aliphatic rings. The minimum Gasteiger partial charge on any atom is -0.490 e. The molecule has 0 radical (unpaired) electrons. The van der Waals surface area contributed by atoms with Gasteiger partial charge in [-0.05, 0) is 87.0 Å². The summed E-state index contributed by atoms with van der Waals surface area (Å²) in [6.07, 6.45) is -0.0791. The van der Waals surface area contributed by atoms with Crippen molar-refractivity contribution in [2.24, 2.45) is 5.73 Å². The fourth-order valence-electron chi connectivity index (χ4n) is 3.71. The Morgan fingerprint density at radius 3 is 2.08 bits per heavy atom. The predicted octanol–water partition coefficient (Wildman–Crippen LogP) is 3.73. The number of anilines is 2. The summed E-state index contributed by atoms with van der Waals surface area (Å²) in [5.74, 6) is -0.363. The Labute approximate surface area is 232 Å². The van der Waals surface area contributed by atoms with Crippen LogP contribution in [0, 0.1) is 5.41 Å². The van der Waals surface area contributed by atoms with E-state index in [-0.39, 0.29) is 23.4 Å². The molecule has 0 aliphatic heterocycles. The van der Waals surface area contributed by atoms with Gasteiger partial charge in [-0.25, -0.2) is 0 Å². The summed E-state index contributed by atoms with van der Waals surface area (Å²) in [4.78, 5) is 37.3. The van der Waals surface area contributed by atoms with Crippen molar-refractivity contribution in [3.8, 4) is 11.5 Å². The summed E-state index contributed by atoms with van der Waals surface area (Å²) >= 11 is 0. The molecule has 7 N–H and O–H groups in total. The lowest BCUT2D eigenvalue weighted by Crippen LogP contribution is -2.45. The van der Waals surface area contributed by atoms with E-state index in [1.54, 1.807) is 54.6 Å². The van der Waals surface area contributed by atoms with Gasteiger partial charge in [-0.15, -0.1) is 0 Å². The summed E-state index contributed by atoms with van der Waals surface area (Å²) in [5.41, 5.74) is 13.0. The molecule has 0 aliphatic carbocycles. The van der Waals surface area contributed by atoms with Gasteiger partial charge in [0, 0.05) is 29.4 Å². The number of ether oxygens (including phenoxy) is 2. The third kappa shape index (κ3) is 8.22. The van der Waals surface area contributed by atoms with Gasteiger partial charge in [0.25, 0.3) is 11.8 Å². The predicted molar refractivity (Wildman–Crippen MR) is 154 cm³/mol. The highest BCUT2D eigenvalue weighted by Gasteiger charge is 2.23. The Morgan fingerprint density at radius 1 is 0.875 bits per heavy atom. The van der Waals surface area contributed by atoms with Crippen LogP contribution in [0.25, 0.3) is 0 Å². The second-order valence-corrected chi connectivity index (χ2v) is 9.08. The molecule has 11 heteroatoms. The maximum atomic E-state index is 13.4. The van der Waals surface area contributed by atoms with E-state index in [2.05, 4.69) is 21.5 Å². The molecule has 210 valence electrons. The van der Waals surface area contributed by atoms with E-state index >= 15 is 0 Å². The van der Waals surface area contributed by atoms with E-state index in [9.17, 15) is 14.4 Å². The Bertz CT molecular complexity index is 1360. The van der Waals surface area contributed by atoms with Crippen LogP contribution >= 0.6 is 0 Å². The number of benzene rings is 3. The highest BCUT2D eigenvalue weighted by molar-refractivity contribution is 5.97. The molecule has 11 nitrogen and oxygen atoms in total. The van der Waals surface area contributed by atoms with Crippen molar-refractivity contribution in [2.75, 3.05) is 17.2 Å². The average molecular weight is 547 g/mol. The molecule has 0 saturated heterocycles. The standard InChI is InChI=1S/C29H34N6O5/c1-5-39-25-16-21(10-15-24(25)40-17(2)3)26(33-23-11-6-19(7-12-23)27(30)31)29(38)35-34-28(37)20-8-13-22(14-9-20)32-18(4)36/h6-17,26,33H,5H2,1-4H3,(H3,30,31)(H,32,36)(H,34,37)(H,35,38). The molecule has 0 heterocycles. The Kier molecular flexibility index (Phi) is 10.1. The summed E-state index contributed by atoms with van der Waals surface area (Å²) in [6.45, 7) is 7.44. The third-order valence-electron chi connectivity index (χ3n) is 5.50. The number of hydrogen-bond acceptors (Lipinski definition) is 7. The van der Waals surface area contributed by atoms with Gasteiger partial charge < -0.3 is 25.8 Å². The SMILES string of the molecule is CCOc1cc(C(Nc2ccc(C(=N)N)cc2)C(=O)NNC(=O)c2ccc(NC(C)=O)cc2)ccc1OC(C)C. The van der Waals surface area contributed by atoms with Crippen molar-refractivity contribution < 1.29 is 23.9 Å². The number of hydrazine groups is 1. The molecular weight excluding hydrogens is 512 g/mol. The topological polar surface area (TPSA) is 168 Å². The molecule has 3 amide bonds. The first-order valence-electron chi connectivity index (χ1n) is 12.7. The zero-order chi connectivity index (χ0) is 29.2. The fourth-order valence-corrected chi connectivity index (χ4v) is 3.71. The van der Waals surface area contributed by atoms with Gasteiger partial charge in [0.1, 0.15) is 11.9 Å². The van der Waals surface area contributed by atoms with Crippen LogP contribution < -0.4 is 36.7 Å². The number of hydrogen-bond donors (Lipinski definition) is 6. The van der Waals surface area contributed by atoms with Crippen molar-refractivity contribution in [1.82, 2.24) is 10.9 Å². The van der Waals surface area contributed by atoms with E-state index in [0.29, 0.717) is 40.6 Å². The van der Waals surface area contributed by atoms with Gasteiger partial charge in [-0.2, -0.15) is 0 Å². The first kappa shape index (κ1) is 29.5. The molecule has 0 saturated carbocycles. The van der Waals surface area contributed by atoms with Gasteiger partial charge in [0.15, 0.2) is 11.5 Å². The molecule has 40 heavy (non-hydrogen) atoms. The van der Waals surface area contributed by atoms with Crippen LogP contribution in [0.15, 0.2) is 66.7 Å². The molecule has 0 aromatic heterocycles. The van der Waals surface area contributed by atoms with Crippen LogP contribution in [0.1, 0.15) is 55.2 Å². The number of nitrogens with one attached hydrogen (secondary N) is 5. The minimum absolute atomic E-state index is 0.0734. The molecular formula is C29H34N6O5. The van der Waals surface area contributed by atoms with E-state index in [1.165, 1.54) is 19.1 Å². The fraction of sp³-hybridized carbons (Fsp3) is 0.241. The van der Waals surface area contributed by atoms with Crippen molar-refractivity contribution in [1.29, 1.82) is 5.41 Å². The second kappa shape index (κ2) is 13.7. The van der Waals surface area contributed by atoms with E-state index in [0.717, 1.165) is 0 Å². The molecule has 1 unspecified atom stereocenters. The molecule has 3 aromatic rings. The molecule has 3 aromatic carbocycles. The monoisotopic (exact) mass is 546 g/mol.